The summed E-state index contributed by atoms with van der Waals surface area (Å²) in [4.78, 5) is 32.5. The van der Waals surface area contributed by atoms with Crippen LogP contribution in [0.4, 0.5) is 0 Å². The van der Waals surface area contributed by atoms with Crippen molar-refractivity contribution in [2.75, 3.05) is 19.7 Å². The SMILES string of the molecule is CC(C)(C)C(=O)COc1ccc(CSc2c(Cl)ccc3c2CCNCC3)cc1.O=C(O)CCC(=O)O. The molecule has 0 atom stereocenters. The molecule has 1 heterocycles. The summed E-state index contributed by atoms with van der Waals surface area (Å²) in [6.45, 7) is 7.86. The third kappa shape index (κ3) is 10.2. The second-order valence-corrected chi connectivity index (χ2v) is 10.8. The number of fused-ring (bicyclic) bond motifs is 1. The Morgan fingerprint density at radius 3 is 2.17 bits per heavy atom. The van der Waals surface area contributed by atoms with Gasteiger partial charge in [0.15, 0.2) is 5.78 Å². The second kappa shape index (κ2) is 14.3. The summed E-state index contributed by atoms with van der Waals surface area (Å²) in [5, 5.41) is 20.1. The summed E-state index contributed by atoms with van der Waals surface area (Å²) >= 11 is 8.32. The van der Waals surface area contributed by atoms with E-state index in [1.54, 1.807) is 11.8 Å². The van der Waals surface area contributed by atoms with Gasteiger partial charge in [-0.3, -0.25) is 14.4 Å². The average Bonchev–Trinajstić information content (AvgIpc) is 3.07. The van der Waals surface area contributed by atoms with Gasteiger partial charge in [0.1, 0.15) is 12.4 Å². The van der Waals surface area contributed by atoms with Crippen LogP contribution >= 0.6 is 23.4 Å². The summed E-state index contributed by atoms with van der Waals surface area (Å²) < 4.78 is 5.64. The number of carboxylic acid groups (broad SMARTS) is 2. The summed E-state index contributed by atoms with van der Waals surface area (Å²) in [6.07, 6.45) is 1.48. The minimum absolute atomic E-state index is 0.0982. The van der Waals surface area contributed by atoms with Gasteiger partial charge in [0.05, 0.1) is 17.9 Å². The van der Waals surface area contributed by atoms with Gasteiger partial charge in [-0.1, -0.05) is 50.6 Å². The third-order valence-corrected chi connectivity index (χ3v) is 7.16. The van der Waals surface area contributed by atoms with Crippen molar-refractivity contribution in [3.63, 3.8) is 0 Å². The normalized spacial score (nSPS) is 13.0. The summed E-state index contributed by atoms with van der Waals surface area (Å²) in [5.74, 6) is -0.477. The van der Waals surface area contributed by atoms with E-state index in [-0.39, 0.29) is 30.6 Å². The molecule has 7 nitrogen and oxygen atoms in total. The molecule has 0 saturated carbocycles. The average molecular weight is 536 g/mol. The first-order valence-electron chi connectivity index (χ1n) is 11.8. The maximum absolute atomic E-state index is 12.0. The number of benzene rings is 2. The molecule has 0 amide bonds. The molecule has 0 aliphatic carbocycles. The van der Waals surface area contributed by atoms with Crippen LogP contribution in [0.5, 0.6) is 5.75 Å². The van der Waals surface area contributed by atoms with Gasteiger partial charge in [-0.25, -0.2) is 0 Å². The molecule has 0 spiro atoms. The van der Waals surface area contributed by atoms with Gasteiger partial charge in [0, 0.05) is 16.1 Å². The fourth-order valence-electron chi connectivity index (χ4n) is 3.28. The van der Waals surface area contributed by atoms with E-state index in [0.717, 1.165) is 42.5 Å². The van der Waals surface area contributed by atoms with E-state index in [2.05, 4.69) is 23.5 Å². The lowest BCUT2D eigenvalue weighted by atomic mass is 9.91. The van der Waals surface area contributed by atoms with Crippen molar-refractivity contribution >= 4 is 41.1 Å². The summed E-state index contributed by atoms with van der Waals surface area (Å²) in [7, 11) is 0. The largest absolute Gasteiger partial charge is 0.486 e. The quantitative estimate of drug-likeness (QED) is 0.373. The lowest BCUT2D eigenvalue weighted by molar-refractivity contribution is -0.143. The van der Waals surface area contributed by atoms with Crippen molar-refractivity contribution in [2.24, 2.45) is 5.41 Å². The number of ether oxygens (including phenoxy) is 1. The van der Waals surface area contributed by atoms with Crippen LogP contribution < -0.4 is 10.1 Å². The van der Waals surface area contributed by atoms with Crippen LogP contribution in [0.2, 0.25) is 5.02 Å². The van der Waals surface area contributed by atoms with Gasteiger partial charge < -0.3 is 20.3 Å². The van der Waals surface area contributed by atoms with E-state index in [1.807, 2.05) is 39.0 Å². The monoisotopic (exact) mass is 535 g/mol. The number of thioether (sulfide) groups is 1. The molecule has 0 radical (unpaired) electrons. The Balaban J connectivity index is 0.000000493. The summed E-state index contributed by atoms with van der Waals surface area (Å²) in [6, 6.07) is 12.2. The fraction of sp³-hybridized carbons (Fsp3) is 0.444. The Morgan fingerprint density at radius 1 is 0.972 bits per heavy atom. The Labute approximate surface area is 221 Å². The maximum atomic E-state index is 12.0. The molecule has 3 N–H and O–H groups in total. The summed E-state index contributed by atoms with van der Waals surface area (Å²) in [5.41, 5.74) is 3.63. The lowest BCUT2D eigenvalue weighted by Crippen LogP contribution is -2.26. The molecule has 1 aliphatic rings. The van der Waals surface area contributed by atoms with Gasteiger partial charge in [0.2, 0.25) is 0 Å². The van der Waals surface area contributed by atoms with Crippen molar-refractivity contribution < 1.29 is 29.3 Å². The highest BCUT2D eigenvalue weighted by atomic mass is 35.5. The number of hydrogen-bond donors (Lipinski definition) is 3. The van der Waals surface area contributed by atoms with Crippen LogP contribution in [0.15, 0.2) is 41.3 Å². The van der Waals surface area contributed by atoms with Crippen LogP contribution in [0, 0.1) is 5.41 Å². The van der Waals surface area contributed by atoms with E-state index in [0.29, 0.717) is 0 Å². The first-order valence-corrected chi connectivity index (χ1v) is 13.2. The number of rotatable bonds is 9. The zero-order valence-corrected chi connectivity index (χ0v) is 22.5. The number of halogens is 1. The standard InChI is InChI=1S/C23H28ClNO2S.C4H6O4/c1-23(2,3)21(26)14-27-18-7-4-16(5-8-18)15-28-22-19-11-13-25-12-10-17(19)6-9-20(22)24;5-3(6)1-2-4(7)8/h4-9,25H,10-15H2,1-3H3;1-2H2,(H,5,6)(H,7,8). The Bertz CT molecular complexity index is 1040. The predicted octanol–water partition coefficient (Wildman–Crippen LogP) is 5.25. The van der Waals surface area contributed by atoms with Crippen LogP contribution in [0.25, 0.3) is 0 Å². The van der Waals surface area contributed by atoms with Gasteiger partial charge in [0.25, 0.3) is 0 Å². The predicted molar refractivity (Wildman–Crippen MR) is 142 cm³/mol. The minimum Gasteiger partial charge on any atom is -0.486 e. The van der Waals surface area contributed by atoms with Crippen molar-refractivity contribution in [1.82, 2.24) is 5.32 Å². The minimum atomic E-state index is -1.08. The van der Waals surface area contributed by atoms with Gasteiger partial charge in [-0.2, -0.15) is 0 Å². The number of carbonyl (C=O) groups is 3. The van der Waals surface area contributed by atoms with Crippen LogP contribution in [-0.2, 0) is 33.0 Å². The zero-order valence-electron chi connectivity index (χ0n) is 20.9. The number of aliphatic carboxylic acids is 2. The van der Waals surface area contributed by atoms with E-state index in [4.69, 9.17) is 26.6 Å². The zero-order chi connectivity index (χ0) is 26.7. The third-order valence-electron chi connectivity index (χ3n) is 5.50. The molecule has 0 bridgehead atoms. The number of ketones is 1. The Kier molecular flexibility index (Phi) is 11.8. The highest BCUT2D eigenvalue weighted by Crippen LogP contribution is 2.36. The lowest BCUT2D eigenvalue weighted by Gasteiger charge is -2.17. The Morgan fingerprint density at radius 2 is 1.58 bits per heavy atom. The molecular formula is C27H34ClNO6S. The Hall–Kier alpha value is -2.55. The molecule has 196 valence electrons. The van der Waals surface area contributed by atoms with Crippen molar-refractivity contribution in [2.45, 2.75) is 57.1 Å². The first kappa shape index (κ1) is 29.7. The molecule has 0 saturated heterocycles. The molecule has 1 aliphatic heterocycles. The number of nitrogens with one attached hydrogen (secondary N) is 1. The van der Waals surface area contributed by atoms with Crippen LogP contribution in [0.3, 0.4) is 0 Å². The highest BCUT2D eigenvalue weighted by molar-refractivity contribution is 7.98. The van der Waals surface area contributed by atoms with Crippen molar-refractivity contribution in [3.8, 4) is 5.75 Å². The fourth-order valence-corrected chi connectivity index (χ4v) is 4.74. The van der Waals surface area contributed by atoms with Gasteiger partial charge in [-0.15, -0.1) is 11.8 Å². The van der Waals surface area contributed by atoms with Crippen LogP contribution in [-0.4, -0.2) is 47.6 Å². The first-order chi connectivity index (χ1) is 17.0. The molecule has 2 aromatic carbocycles. The molecule has 2 aromatic rings. The molecule has 0 unspecified atom stereocenters. The van der Waals surface area contributed by atoms with Gasteiger partial charge >= 0.3 is 11.9 Å². The molecule has 36 heavy (non-hydrogen) atoms. The molecular weight excluding hydrogens is 502 g/mol. The number of hydrogen-bond acceptors (Lipinski definition) is 6. The molecule has 9 heteroatoms. The number of carboxylic acids is 2. The molecule has 0 fully saturated rings. The van der Waals surface area contributed by atoms with Crippen molar-refractivity contribution in [1.29, 1.82) is 0 Å². The molecule has 0 aromatic heterocycles. The van der Waals surface area contributed by atoms with Gasteiger partial charge in [-0.05, 0) is 60.8 Å². The van der Waals surface area contributed by atoms with E-state index in [9.17, 15) is 14.4 Å². The highest BCUT2D eigenvalue weighted by Gasteiger charge is 2.21. The van der Waals surface area contributed by atoms with E-state index < -0.39 is 11.9 Å². The smallest absolute Gasteiger partial charge is 0.303 e. The van der Waals surface area contributed by atoms with E-state index >= 15 is 0 Å². The molecule has 3 rings (SSSR count). The maximum Gasteiger partial charge on any atom is 0.303 e. The topological polar surface area (TPSA) is 113 Å². The second-order valence-electron chi connectivity index (χ2n) is 9.45. The van der Waals surface area contributed by atoms with Crippen LogP contribution in [0.1, 0.15) is 50.3 Å². The van der Waals surface area contributed by atoms with Crippen molar-refractivity contribution in [3.05, 3.63) is 58.1 Å². The number of carbonyl (C=O) groups excluding carboxylic acids is 1. The number of Topliss-reactive ketones (excluding diaryl/α,β-unsaturated/α-hetero) is 1. The van der Waals surface area contributed by atoms with E-state index in [1.165, 1.54) is 21.6 Å².